The second kappa shape index (κ2) is 5.22. The highest BCUT2D eigenvalue weighted by molar-refractivity contribution is 14.1. The van der Waals surface area contributed by atoms with Crippen molar-refractivity contribution >= 4 is 34.1 Å². The first kappa shape index (κ1) is 11.9. The van der Waals surface area contributed by atoms with Crippen molar-refractivity contribution in [2.75, 3.05) is 11.4 Å². The Morgan fingerprint density at radius 1 is 1.17 bits per heavy atom. The van der Waals surface area contributed by atoms with Gasteiger partial charge in [-0.25, -0.2) is 9.97 Å². The monoisotopic (exact) mass is 351 g/mol. The minimum atomic E-state index is 1.03. The largest absolute Gasteiger partial charge is 0.325 e. The molecule has 2 aromatic rings. The summed E-state index contributed by atoms with van der Waals surface area (Å²) in [6.07, 6.45) is 7.11. The van der Waals surface area contributed by atoms with Crippen LogP contribution in [0.2, 0.25) is 0 Å². The topological polar surface area (TPSA) is 29.0 Å². The zero-order valence-electron chi connectivity index (χ0n) is 10.0. The van der Waals surface area contributed by atoms with Gasteiger partial charge in [0.2, 0.25) is 0 Å². The van der Waals surface area contributed by atoms with E-state index in [-0.39, 0.29) is 0 Å². The molecule has 3 rings (SSSR count). The molecule has 0 fully saturated rings. The molecule has 0 bridgehead atoms. The lowest BCUT2D eigenvalue weighted by atomic mass is 10.1. The van der Waals surface area contributed by atoms with Gasteiger partial charge in [-0.05, 0) is 53.5 Å². The molecule has 0 spiro atoms. The molecule has 0 saturated heterocycles. The molecule has 0 unspecified atom stereocenters. The fourth-order valence-corrected chi connectivity index (χ4v) is 3.01. The number of halogens is 1. The van der Waals surface area contributed by atoms with Gasteiger partial charge in [0, 0.05) is 18.4 Å². The molecule has 0 radical (unpaired) electrons. The lowest BCUT2D eigenvalue weighted by Gasteiger charge is -2.24. The van der Waals surface area contributed by atoms with E-state index in [1.165, 1.54) is 24.1 Å². The van der Waals surface area contributed by atoms with Gasteiger partial charge in [0.15, 0.2) is 0 Å². The van der Waals surface area contributed by atoms with Gasteiger partial charge in [-0.2, -0.15) is 0 Å². The van der Waals surface area contributed by atoms with Crippen LogP contribution in [0.5, 0.6) is 0 Å². The Labute approximate surface area is 120 Å². The second-order valence-electron chi connectivity index (χ2n) is 4.43. The van der Waals surface area contributed by atoms with E-state index in [1.807, 2.05) is 6.20 Å². The Bertz CT molecular complexity index is 556. The Hall–Kier alpha value is -1.17. The molecule has 0 saturated carbocycles. The Morgan fingerprint density at radius 2 is 2.06 bits per heavy atom. The normalized spacial score (nSPS) is 15.1. The maximum Gasteiger partial charge on any atom is 0.149 e. The molecular formula is C14H14IN3. The Balaban J connectivity index is 2.10. The van der Waals surface area contributed by atoms with Gasteiger partial charge in [-0.1, -0.05) is 18.2 Å². The average molecular weight is 351 g/mol. The van der Waals surface area contributed by atoms with Gasteiger partial charge in [0.25, 0.3) is 0 Å². The van der Waals surface area contributed by atoms with Crippen molar-refractivity contribution in [1.29, 1.82) is 0 Å². The lowest BCUT2D eigenvalue weighted by Crippen LogP contribution is -2.20. The average Bonchev–Trinajstić information content (AvgIpc) is 2.62. The zero-order valence-corrected chi connectivity index (χ0v) is 12.2. The maximum absolute atomic E-state index is 4.45. The number of hydrogen-bond acceptors (Lipinski definition) is 3. The first-order valence-corrected chi connectivity index (χ1v) is 7.25. The lowest BCUT2D eigenvalue weighted by molar-refractivity contribution is 0.756. The highest BCUT2D eigenvalue weighted by Gasteiger charge is 2.18. The molecule has 1 aliphatic rings. The van der Waals surface area contributed by atoms with Gasteiger partial charge in [0.05, 0.1) is 3.57 Å². The summed E-state index contributed by atoms with van der Waals surface area (Å²) >= 11 is 2.31. The molecule has 2 heterocycles. The van der Waals surface area contributed by atoms with Gasteiger partial charge in [-0.15, -0.1) is 0 Å². The van der Waals surface area contributed by atoms with Crippen LogP contribution in [0.4, 0.5) is 11.5 Å². The van der Waals surface area contributed by atoms with Crippen molar-refractivity contribution in [3.63, 3.8) is 0 Å². The molecule has 0 atom stereocenters. The van der Waals surface area contributed by atoms with Crippen molar-refractivity contribution in [2.45, 2.75) is 19.3 Å². The fraction of sp³-hybridized carbons (Fsp3) is 0.286. The van der Waals surface area contributed by atoms with Crippen LogP contribution in [0.1, 0.15) is 18.4 Å². The second-order valence-corrected chi connectivity index (χ2v) is 5.59. The number of nitrogens with zero attached hydrogens (tertiary/aromatic N) is 3. The van der Waals surface area contributed by atoms with Crippen molar-refractivity contribution in [2.24, 2.45) is 0 Å². The van der Waals surface area contributed by atoms with Crippen LogP contribution in [0.3, 0.4) is 0 Å². The Morgan fingerprint density at radius 3 is 2.94 bits per heavy atom. The number of para-hydroxylation sites is 1. The van der Waals surface area contributed by atoms with Crippen LogP contribution in [-0.2, 0) is 6.42 Å². The number of anilines is 2. The molecule has 92 valence electrons. The van der Waals surface area contributed by atoms with Crippen molar-refractivity contribution in [3.8, 4) is 0 Å². The fourth-order valence-electron chi connectivity index (χ4n) is 2.42. The smallest absolute Gasteiger partial charge is 0.149 e. The third-order valence-corrected chi connectivity index (χ3v) is 4.03. The van der Waals surface area contributed by atoms with Crippen molar-refractivity contribution in [1.82, 2.24) is 9.97 Å². The van der Waals surface area contributed by atoms with Gasteiger partial charge < -0.3 is 4.90 Å². The van der Waals surface area contributed by atoms with Gasteiger partial charge >= 0.3 is 0 Å². The summed E-state index contributed by atoms with van der Waals surface area (Å²) in [5.41, 5.74) is 2.72. The number of fused-ring (bicyclic) bond motifs is 1. The number of aryl methyl sites for hydroxylation is 1. The molecule has 1 aromatic heterocycles. The number of rotatable bonds is 1. The molecule has 3 nitrogen and oxygen atoms in total. The first-order valence-electron chi connectivity index (χ1n) is 6.17. The third-order valence-electron chi connectivity index (χ3n) is 3.26. The van der Waals surface area contributed by atoms with Crippen LogP contribution in [0, 0.1) is 3.57 Å². The molecule has 18 heavy (non-hydrogen) atoms. The van der Waals surface area contributed by atoms with E-state index >= 15 is 0 Å². The van der Waals surface area contributed by atoms with E-state index in [4.69, 9.17) is 0 Å². The Kier molecular flexibility index (Phi) is 3.45. The van der Waals surface area contributed by atoms with Gasteiger partial charge in [0.1, 0.15) is 12.1 Å². The summed E-state index contributed by atoms with van der Waals surface area (Å²) in [5, 5.41) is 0. The highest BCUT2D eigenvalue weighted by Crippen LogP contribution is 2.33. The highest BCUT2D eigenvalue weighted by atomic mass is 127. The summed E-state index contributed by atoms with van der Waals surface area (Å²) < 4.78 is 1.10. The molecule has 1 aliphatic heterocycles. The summed E-state index contributed by atoms with van der Waals surface area (Å²) in [5.74, 6) is 1.03. The van der Waals surface area contributed by atoms with E-state index in [9.17, 15) is 0 Å². The molecule has 4 heteroatoms. The SMILES string of the molecule is Ic1cncnc1N1CCCCc2ccccc21. The number of aromatic nitrogens is 2. The minimum absolute atomic E-state index is 1.03. The van der Waals surface area contributed by atoms with Gasteiger partial charge in [-0.3, -0.25) is 0 Å². The van der Waals surface area contributed by atoms with Crippen LogP contribution in [-0.4, -0.2) is 16.5 Å². The van der Waals surface area contributed by atoms with Crippen LogP contribution >= 0.6 is 22.6 Å². The quantitative estimate of drug-likeness (QED) is 0.736. The predicted molar refractivity (Wildman–Crippen MR) is 81.1 cm³/mol. The van der Waals surface area contributed by atoms with Crippen LogP contribution in [0.25, 0.3) is 0 Å². The van der Waals surface area contributed by atoms with E-state index in [2.05, 4.69) is 61.7 Å². The zero-order chi connectivity index (χ0) is 12.4. The molecule has 0 N–H and O–H groups in total. The van der Waals surface area contributed by atoms with E-state index in [1.54, 1.807) is 6.33 Å². The van der Waals surface area contributed by atoms with E-state index < -0.39 is 0 Å². The summed E-state index contributed by atoms with van der Waals surface area (Å²) in [4.78, 5) is 10.8. The maximum atomic E-state index is 4.45. The van der Waals surface area contributed by atoms with E-state index in [0.717, 1.165) is 22.4 Å². The van der Waals surface area contributed by atoms with E-state index in [0.29, 0.717) is 0 Å². The minimum Gasteiger partial charge on any atom is -0.325 e. The number of benzene rings is 1. The summed E-state index contributed by atoms with van der Waals surface area (Å²) in [6, 6.07) is 8.64. The first-order chi connectivity index (χ1) is 8.86. The molecule has 0 amide bonds. The standard InChI is InChI=1S/C14H14IN3/c15-12-9-16-10-17-14(12)18-8-4-3-6-11-5-1-2-7-13(11)18/h1-2,5,7,9-10H,3-4,6,8H2. The predicted octanol–water partition coefficient (Wildman–Crippen LogP) is 3.56. The van der Waals surface area contributed by atoms with Crippen LogP contribution in [0.15, 0.2) is 36.8 Å². The van der Waals surface area contributed by atoms with Crippen molar-refractivity contribution in [3.05, 3.63) is 45.9 Å². The molecule has 1 aromatic carbocycles. The summed E-state index contributed by atoms with van der Waals surface area (Å²) in [7, 11) is 0. The van der Waals surface area contributed by atoms with Crippen molar-refractivity contribution < 1.29 is 0 Å². The molecular weight excluding hydrogens is 337 g/mol. The van der Waals surface area contributed by atoms with Crippen LogP contribution < -0.4 is 4.90 Å². The third kappa shape index (κ3) is 2.21. The molecule has 0 aliphatic carbocycles. The summed E-state index contributed by atoms with van der Waals surface area (Å²) in [6.45, 7) is 1.03. The number of hydrogen-bond donors (Lipinski definition) is 0.